The number of methoxy groups -OCH3 is 2. The van der Waals surface area contributed by atoms with Crippen molar-refractivity contribution in [3.63, 3.8) is 0 Å². The van der Waals surface area contributed by atoms with Gasteiger partial charge in [0.1, 0.15) is 0 Å². The van der Waals surface area contributed by atoms with Crippen molar-refractivity contribution in [1.29, 1.82) is 0 Å². The maximum Gasteiger partial charge on any atom is 0.342 e. The average molecular weight is 330 g/mol. The number of ether oxygens (including phenoxy) is 2. The Kier molecular flexibility index (Phi) is 3.61. The van der Waals surface area contributed by atoms with Crippen molar-refractivity contribution in [2.75, 3.05) is 14.2 Å². The Morgan fingerprint density at radius 1 is 1.08 bits per heavy atom. The van der Waals surface area contributed by atoms with E-state index in [-0.39, 0.29) is 0 Å². The number of rotatable bonds is 2. The van der Waals surface area contributed by atoms with Crippen LogP contribution < -0.4 is 0 Å². The fourth-order valence-corrected chi connectivity index (χ4v) is 4.84. The van der Waals surface area contributed by atoms with Gasteiger partial charge in [0, 0.05) is 11.3 Å². The molecule has 0 fully saturated rings. The van der Waals surface area contributed by atoms with Crippen molar-refractivity contribution in [2.24, 2.45) is 11.3 Å². The van der Waals surface area contributed by atoms with Crippen molar-refractivity contribution in [2.45, 2.75) is 31.3 Å². The van der Waals surface area contributed by atoms with Crippen LogP contribution in [0.1, 0.15) is 31.4 Å². The van der Waals surface area contributed by atoms with Crippen LogP contribution in [0.2, 0.25) is 0 Å². The fourth-order valence-electron chi connectivity index (χ4n) is 4.84. The van der Waals surface area contributed by atoms with E-state index >= 15 is 0 Å². The summed E-state index contributed by atoms with van der Waals surface area (Å²) in [6, 6.07) is 7.28. The van der Waals surface area contributed by atoms with Crippen LogP contribution in [0.4, 0.5) is 0 Å². The van der Waals surface area contributed by atoms with Crippen LogP contribution in [0.15, 0.2) is 36.4 Å². The number of esters is 2. The Morgan fingerprint density at radius 2 is 1.67 bits per heavy atom. The lowest BCUT2D eigenvalue weighted by atomic mass is 9.55. The lowest BCUT2D eigenvalue weighted by molar-refractivity contribution is -0.185. The molecule has 5 nitrogen and oxygen atoms in total. The van der Waals surface area contributed by atoms with Gasteiger partial charge in [-0.15, -0.1) is 0 Å². The number of carbonyl (C=O) groups excluding carboxylic acids is 2. The van der Waals surface area contributed by atoms with Gasteiger partial charge in [0.05, 0.1) is 19.6 Å². The highest BCUT2D eigenvalue weighted by atomic mass is 16.5. The topological polar surface area (TPSA) is 72.8 Å². The summed E-state index contributed by atoms with van der Waals surface area (Å²) in [5.41, 5.74) is -2.28. The number of hydrogen-bond acceptors (Lipinski definition) is 5. The van der Waals surface area contributed by atoms with Crippen molar-refractivity contribution >= 4 is 11.9 Å². The molecular formula is C19H22O5. The predicted molar refractivity (Wildman–Crippen MR) is 87.1 cm³/mol. The zero-order valence-electron chi connectivity index (χ0n) is 14.3. The second-order valence-electron chi connectivity index (χ2n) is 7.03. The molecule has 0 amide bonds. The van der Waals surface area contributed by atoms with Gasteiger partial charge in [-0.05, 0) is 24.5 Å². The van der Waals surface area contributed by atoms with Gasteiger partial charge in [0.15, 0.2) is 5.60 Å². The molecular weight excluding hydrogens is 308 g/mol. The van der Waals surface area contributed by atoms with Crippen LogP contribution in [-0.2, 0) is 30.1 Å². The van der Waals surface area contributed by atoms with Crippen molar-refractivity contribution in [3.05, 3.63) is 47.5 Å². The highest BCUT2D eigenvalue weighted by Gasteiger charge is 2.69. The van der Waals surface area contributed by atoms with Gasteiger partial charge >= 0.3 is 11.9 Å². The molecule has 0 aliphatic heterocycles. The summed E-state index contributed by atoms with van der Waals surface area (Å²) in [7, 11) is 2.55. The van der Waals surface area contributed by atoms with E-state index in [0.29, 0.717) is 12.0 Å². The highest BCUT2D eigenvalue weighted by Crippen LogP contribution is 2.63. The molecule has 3 rings (SSSR count). The van der Waals surface area contributed by atoms with Crippen molar-refractivity contribution in [1.82, 2.24) is 0 Å². The molecule has 0 aromatic heterocycles. The molecule has 1 aromatic carbocycles. The van der Waals surface area contributed by atoms with Gasteiger partial charge < -0.3 is 14.6 Å². The van der Waals surface area contributed by atoms with Crippen molar-refractivity contribution in [3.8, 4) is 0 Å². The molecule has 5 heteroatoms. The molecule has 1 N–H and O–H groups in total. The van der Waals surface area contributed by atoms with Crippen LogP contribution in [-0.4, -0.2) is 31.3 Å². The molecule has 24 heavy (non-hydrogen) atoms. The minimum absolute atomic E-state index is 0.482. The number of aliphatic hydroxyl groups is 1. The summed E-state index contributed by atoms with van der Waals surface area (Å²) in [5, 5.41) is 11.5. The molecule has 0 radical (unpaired) electrons. The van der Waals surface area contributed by atoms with Gasteiger partial charge in [-0.3, -0.25) is 4.79 Å². The Hall–Kier alpha value is -2.14. The van der Waals surface area contributed by atoms with Crippen LogP contribution in [0.3, 0.4) is 0 Å². The third-order valence-electron chi connectivity index (χ3n) is 5.74. The largest absolute Gasteiger partial charge is 0.468 e. The number of benzene rings is 1. The van der Waals surface area contributed by atoms with Gasteiger partial charge in [-0.2, -0.15) is 0 Å². The van der Waals surface area contributed by atoms with E-state index in [1.165, 1.54) is 14.2 Å². The first-order valence-electron chi connectivity index (χ1n) is 7.93. The van der Waals surface area contributed by atoms with Gasteiger partial charge in [-0.1, -0.05) is 43.3 Å². The van der Waals surface area contributed by atoms with Crippen LogP contribution >= 0.6 is 0 Å². The fraction of sp³-hybridized carbons (Fsp3) is 0.474. The lowest BCUT2D eigenvalue weighted by Crippen LogP contribution is -2.56. The molecule has 4 atom stereocenters. The molecule has 1 aromatic rings. The van der Waals surface area contributed by atoms with Gasteiger partial charge in [0.25, 0.3) is 0 Å². The summed E-state index contributed by atoms with van der Waals surface area (Å²) in [6.45, 7) is 3.68. The number of carbonyl (C=O) groups is 2. The number of hydrogen-bond donors (Lipinski definition) is 1. The monoisotopic (exact) mass is 330 g/mol. The normalized spacial score (nSPS) is 36.6. The van der Waals surface area contributed by atoms with Gasteiger partial charge in [0.2, 0.25) is 0 Å². The first kappa shape index (κ1) is 16.7. The molecule has 0 heterocycles. The van der Waals surface area contributed by atoms with Crippen LogP contribution in [0, 0.1) is 11.3 Å². The van der Waals surface area contributed by atoms with Gasteiger partial charge in [-0.25, -0.2) is 4.79 Å². The summed E-state index contributed by atoms with van der Waals surface area (Å²) in [5.74, 6) is -1.96. The molecule has 128 valence electrons. The highest BCUT2D eigenvalue weighted by molar-refractivity contribution is 5.88. The van der Waals surface area contributed by atoms with E-state index < -0.39 is 34.3 Å². The summed E-state index contributed by atoms with van der Waals surface area (Å²) >= 11 is 0. The Morgan fingerprint density at radius 3 is 2.25 bits per heavy atom. The molecule has 2 aliphatic carbocycles. The number of allylic oxidation sites excluding steroid dienone is 1. The summed E-state index contributed by atoms with van der Waals surface area (Å²) in [4.78, 5) is 25.2. The maximum absolute atomic E-state index is 12.6. The molecule has 0 bridgehead atoms. The first-order valence-corrected chi connectivity index (χ1v) is 7.93. The summed E-state index contributed by atoms with van der Waals surface area (Å²) < 4.78 is 9.93. The van der Waals surface area contributed by atoms with E-state index in [1.54, 1.807) is 25.1 Å². The van der Waals surface area contributed by atoms with Crippen LogP contribution in [0.5, 0.6) is 0 Å². The molecule has 4 unspecified atom stereocenters. The number of fused-ring (bicyclic) bond motifs is 3. The molecule has 0 spiro atoms. The smallest absolute Gasteiger partial charge is 0.342 e. The van der Waals surface area contributed by atoms with E-state index in [9.17, 15) is 14.7 Å². The minimum atomic E-state index is -1.91. The Bertz CT molecular complexity index is 739. The summed E-state index contributed by atoms with van der Waals surface area (Å²) in [6.07, 6.45) is 4.28. The SMILES string of the molecule is COC(=O)C1(C)C=CCC2(C)c3ccccc3C(O)(C(=O)OC)C12. The van der Waals surface area contributed by atoms with E-state index in [0.717, 1.165) is 5.56 Å². The minimum Gasteiger partial charge on any atom is -0.468 e. The zero-order valence-corrected chi connectivity index (χ0v) is 14.3. The Balaban J connectivity index is 2.34. The van der Waals surface area contributed by atoms with E-state index in [2.05, 4.69) is 0 Å². The zero-order chi connectivity index (χ0) is 17.8. The second kappa shape index (κ2) is 5.18. The third-order valence-corrected chi connectivity index (χ3v) is 5.74. The molecule has 0 saturated heterocycles. The standard InChI is InChI=1S/C19H22O5/c1-17-10-7-11-18(2,15(20)23-3)14(17)19(22,16(21)24-4)13-9-6-5-8-12(13)17/h5-9,11,14,22H,10H2,1-4H3. The van der Waals surface area contributed by atoms with Crippen molar-refractivity contribution < 1.29 is 24.2 Å². The Labute approximate surface area is 141 Å². The van der Waals surface area contributed by atoms with E-state index in [1.807, 2.05) is 25.1 Å². The molecule has 0 saturated carbocycles. The lowest BCUT2D eigenvalue weighted by Gasteiger charge is -2.47. The second-order valence-corrected chi connectivity index (χ2v) is 7.03. The average Bonchev–Trinajstić information content (AvgIpc) is 2.80. The maximum atomic E-state index is 12.6. The molecule has 2 aliphatic rings. The first-order chi connectivity index (χ1) is 11.3. The predicted octanol–water partition coefficient (Wildman–Crippen LogP) is 2.07. The van der Waals surface area contributed by atoms with Crippen LogP contribution in [0.25, 0.3) is 0 Å². The van der Waals surface area contributed by atoms with E-state index in [4.69, 9.17) is 9.47 Å². The third kappa shape index (κ3) is 1.79. The quantitative estimate of drug-likeness (QED) is 0.664.